The zero-order chi connectivity index (χ0) is 22.0. The van der Waals surface area contributed by atoms with Crippen molar-refractivity contribution in [2.24, 2.45) is 17.8 Å². The van der Waals surface area contributed by atoms with E-state index in [2.05, 4.69) is 69.5 Å². The van der Waals surface area contributed by atoms with E-state index in [0.717, 1.165) is 0 Å². The lowest BCUT2D eigenvalue weighted by Crippen LogP contribution is -2.32. The largest absolute Gasteiger partial charge is 0.113 e. The van der Waals surface area contributed by atoms with Crippen molar-refractivity contribution in [1.82, 2.24) is 0 Å². The molecule has 0 bridgehead atoms. The molecule has 0 nitrogen and oxygen atoms in total. The number of fused-ring (bicyclic) bond motifs is 4. The Hall–Kier alpha value is -1.86. The molecule has 6 aliphatic rings. The van der Waals surface area contributed by atoms with Crippen LogP contribution in [0.5, 0.6) is 0 Å². The Kier molecular flexibility index (Phi) is 4.91. The van der Waals surface area contributed by atoms with Crippen molar-refractivity contribution in [2.75, 3.05) is 0 Å². The molecule has 166 valence electrons. The molecule has 0 aromatic carbocycles. The van der Waals surface area contributed by atoms with Crippen LogP contribution in [0.25, 0.3) is 0 Å². The minimum Gasteiger partial charge on any atom is -0.0733 e. The fourth-order valence-corrected chi connectivity index (χ4v) is 10.6. The third kappa shape index (κ3) is 3.07. The fraction of sp³-hybridized carbons (Fsp3) is 0.484. The van der Waals surface area contributed by atoms with Crippen LogP contribution in [0.1, 0.15) is 65.2 Å². The van der Waals surface area contributed by atoms with Crippen LogP contribution in [0.4, 0.5) is 0 Å². The van der Waals surface area contributed by atoms with Crippen LogP contribution in [-0.4, -0.2) is 8.07 Å². The average molecular weight is 439 g/mol. The van der Waals surface area contributed by atoms with E-state index in [1.807, 2.05) is 0 Å². The molecule has 0 radical (unpaired) electrons. The Bertz CT molecular complexity index is 1120. The normalized spacial score (nSPS) is 29.2. The predicted molar refractivity (Wildman–Crippen MR) is 140 cm³/mol. The maximum absolute atomic E-state index is 2.70. The summed E-state index contributed by atoms with van der Waals surface area (Å²) in [5, 5.41) is 3.42. The molecule has 6 rings (SSSR count). The molecule has 3 unspecified atom stereocenters. The molecule has 3 atom stereocenters. The maximum atomic E-state index is 2.70. The van der Waals surface area contributed by atoms with Gasteiger partial charge in [0.05, 0.1) is 0 Å². The highest BCUT2D eigenvalue weighted by molar-refractivity contribution is 6.92. The van der Waals surface area contributed by atoms with Gasteiger partial charge in [-0.15, -0.1) is 0 Å². The third-order valence-electron chi connectivity index (χ3n) is 9.11. The molecular weight excluding hydrogens is 400 g/mol. The summed E-state index contributed by atoms with van der Waals surface area (Å²) >= 11 is 0. The predicted octanol–water partition coefficient (Wildman–Crippen LogP) is 8.65. The van der Waals surface area contributed by atoms with Crippen molar-refractivity contribution in [1.29, 1.82) is 0 Å². The van der Waals surface area contributed by atoms with Gasteiger partial charge in [0.2, 0.25) is 0 Å². The SMILES string of the molecule is CCCC(C)C1=CC([Si](C)(C)C2=C3C=C4CCCC4=CC3C=C2)=C2C=C3CCCC3=CC12. The van der Waals surface area contributed by atoms with Crippen molar-refractivity contribution in [3.05, 3.63) is 91.9 Å². The molecule has 0 spiro atoms. The van der Waals surface area contributed by atoms with Crippen molar-refractivity contribution < 1.29 is 0 Å². The van der Waals surface area contributed by atoms with E-state index in [1.54, 1.807) is 49.4 Å². The zero-order valence-electron chi connectivity index (χ0n) is 20.4. The Morgan fingerprint density at radius 1 is 0.844 bits per heavy atom. The van der Waals surface area contributed by atoms with E-state index >= 15 is 0 Å². The summed E-state index contributed by atoms with van der Waals surface area (Å²) in [7, 11) is -1.80. The lowest BCUT2D eigenvalue weighted by molar-refractivity contribution is 0.568. The quantitative estimate of drug-likeness (QED) is 0.377. The molecule has 2 fully saturated rings. The molecule has 0 heterocycles. The Balaban J connectivity index is 1.46. The summed E-state index contributed by atoms with van der Waals surface area (Å²) < 4.78 is 0. The second-order valence-electron chi connectivity index (χ2n) is 11.5. The lowest BCUT2D eigenvalue weighted by atomic mass is 9.81. The number of hydrogen-bond acceptors (Lipinski definition) is 0. The highest BCUT2D eigenvalue weighted by Gasteiger charge is 2.42. The van der Waals surface area contributed by atoms with Crippen molar-refractivity contribution in [2.45, 2.75) is 78.3 Å². The first-order valence-corrected chi connectivity index (χ1v) is 16.2. The van der Waals surface area contributed by atoms with Gasteiger partial charge in [-0.1, -0.05) is 91.9 Å². The molecule has 6 aliphatic carbocycles. The third-order valence-corrected chi connectivity index (χ3v) is 12.7. The minimum atomic E-state index is -1.80. The van der Waals surface area contributed by atoms with E-state index in [9.17, 15) is 0 Å². The molecule has 32 heavy (non-hydrogen) atoms. The molecule has 0 amide bonds. The van der Waals surface area contributed by atoms with Crippen LogP contribution < -0.4 is 0 Å². The van der Waals surface area contributed by atoms with Gasteiger partial charge >= 0.3 is 0 Å². The minimum absolute atomic E-state index is 0.532. The van der Waals surface area contributed by atoms with E-state index in [4.69, 9.17) is 0 Å². The van der Waals surface area contributed by atoms with Gasteiger partial charge in [0, 0.05) is 11.8 Å². The first-order valence-electron chi connectivity index (χ1n) is 13.2. The van der Waals surface area contributed by atoms with Crippen LogP contribution in [0.3, 0.4) is 0 Å². The Labute approximate surface area is 196 Å². The Morgan fingerprint density at radius 3 is 2.22 bits per heavy atom. The molecular formula is C31H38Si. The van der Waals surface area contributed by atoms with Gasteiger partial charge in [-0.25, -0.2) is 0 Å². The number of hydrogen-bond donors (Lipinski definition) is 0. The van der Waals surface area contributed by atoms with Gasteiger partial charge in [-0.2, -0.15) is 0 Å². The standard InChI is InChI=1S/C31H38Si/c1-5-8-20(2)26-19-31(29-18-24-12-7-11-23(24)17-28(26)29)32(3,4)30-14-13-25-15-21-9-6-10-22(21)16-27(25)30/h13-20,25,28H,5-12H2,1-4H3. The summed E-state index contributed by atoms with van der Waals surface area (Å²) in [6.45, 7) is 10.1. The van der Waals surface area contributed by atoms with Crippen LogP contribution in [-0.2, 0) is 0 Å². The van der Waals surface area contributed by atoms with E-state index < -0.39 is 8.07 Å². The molecule has 0 aromatic rings. The molecule has 1 heteroatoms. The summed E-state index contributed by atoms with van der Waals surface area (Å²) in [6.07, 6.45) is 28.7. The lowest BCUT2D eigenvalue weighted by Gasteiger charge is -2.30. The summed E-state index contributed by atoms with van der Waals surface area (Å²) in [5.41, 5.74) is 11.6. The van der Waals surface area contributed by atoms with Crippen molar-refractivity contribution >= 4 is 8.07 Å². The molecule has 2 saturated carbocycles. The van der Waals surface area contributed by atoms with Crippen LogP contribution in [0.2, 0.25) is 13.1 Å². The van der Waals surface area contributed by atoms with Gasteiger partial charge in [0.1, 0.15) is 8.07 Å². The van der Waals surface area contributed by atoms with E-state index in [-0.39, 0.29) is 0 Å². The molecule has 0 saturated heterocycles. The van der Waals surface area contributed by atoms with Crippen LogP contribution >= 0.6 is 0 Å². The highest BCUT2D eigenvalue weighted by Crippen LogP contribution is 2.51. The van der Waals surface area contributed by atoms with E-state index in [0.29, 0.717) is 17.8 Å². The average Bonchev–Trinajstić information content (AvgIpc) is 3.54. The molecule has 0 N–H and O–H groups in total. The second kappa shape index (κ2) is 7.59. The van der Waals surface area contributed by atoms with Crippen molar-refractivity contribution in [3.63, 3.8) is 0 Å². The summed E-state index contributed by atoms with van der Waals surface area (Å²) in [4.78, 5) is 0. The fourth-order valence-electron chi connectivity index (χ4n) is 7.33. The van der Waals surface area contributed by atoms with Gasteiger partial charge in [0.25, 0.3) is 0 Å². The topological polar surface area (TPSA) is 0 Å². The first-order chi connectivity index (χ1) is 15.5. The maximum Gasteiger partial charge on any atom is 0.113 e. The van der Waals surface area contributed by atoms with Gasteiger partial charge in [-0.05, 0) is 84.3 Å². The van der Waals surface area contributed by atoms with Crippen LogP contribution in [0.15, 0.2) is 91.9 Å². The molecule has 0 aliphatic heterocycles. The smallest absolute Gasteiger partial charge is 0.0733 e. The van der Waals surface area contributed by atoms with Crippen molar-refractivity contribution in [3.8, 4) is 0 Å². The first kappa shape index (κ1) is 20.7. The number of allylic oxidation sites excluding steroid dienone is 16. The van der Waals surface area contributed by atoms with Gasteiger partial charge < -0.3 is 0 Å². The van der Waals surface area contributed by atoms with E-state index in [1.165, 1.54) is 51.4 Å². The Morgan fingerprint density at radius 2 is 1.50 bits per heavy atom. The second-order valence-corrected chi connectivity index (χ2v) is 15.8. The summed E-state index contributed by atoms with van der Waals surface area (Å²) in [6, 6.07) is 0. The summed E-state index contributed by atoms with van der Waals surface area (Å²) in [5.74, 6) is 1.76. The number of rotatable bonds is 5. The van der Waals surface area contributed by atoms with Crippen LogP contribution in [0, 0.1) is 17.8 Å². The monoisotopic (exact) mass is 438 g/mol. The van der Waals surface area contributed by atoms with Gasteiger partial charge in [0.15, 0.2) is 0 Å². The molecule has 0 aromatic heterocycles. The van der Waals surface area contributed by atoms with Gasteiger partial charge in [-0.3, -0.25) is 0 Å². The highest BCUT2D eigenvalue weighted by atomic mass is 28.3. The zero-order valence-corrected chi connectivity index (χ0v) is 21.4.